The highest BCUT2D eigenvalue weighted by molar-refractivity contribution is 6.14. The molecule has 0 spiro atoms. The zero-order valence-electron chi connectivity index (χ0n) is 14.8. The third-order valence-corrected chi connectivity index (χ3v) is 5.17. The first-order valence-corrected chi connectivity index (χ1v) is 8.58. The maximum absolute atomic E-state index is 2.24. The van der Waals surface area contributed by atoms with Crippen molar-refractivity contribution in [3.8, 4) is 11.1 Å². The fourth-order valence-electron chi connectivity index (χ4n) is 4.02. The van der Waals surface area contributed by atoms with Gasteiger partial charge in [-0.2, -0.15) is 0 Å². The number of hydrogen-bond acceptors (Lipinski definition) is 1. The molecule has 128 valence electrons. The van der Waals surface area contributed by atoms with Crippen LogP contribution < -0.4 is 17.3 Å². The molecule has 1 aliphatic heterocycles. The van der Waals surface area contributed by atoms with Gasteiger partial charge in [0.2, 0.25) is 6.34 Å². The third-order valence-electron chi connectivity index (χ3n) is 5.17. The van der Waals surface area contributed by atoms with E-state index in [-0.39, 0.29) is 12.4 Å². The van der Waals surface area contributed by atoms with Crippen molar-refractivity contribution in [2.75, 3.05) is 19.0 Å². The molecule has 0 fully saturated rings. The lowest BCUT2D eigenvalue weighted by molar-refractivity contribution is -0.399. The van der Waals surface area contributed by atoms with Gasteiger partial charge in [-0.3, -0.25) is 0 Å². The van der Waals surface area contributed by atoms with Gasteiger partial charge in [-0.25, -0.2) is 9.48 Å². The van der Waals surface area contributed by atoms with Gasteiger partial charge in [0.05, 0.1) is 14.1 Å². The number of hydrogen-bond donors (Lipinski definition) is 0. The average molecular weight is 359 g/mol. The molecule has 0 aromatic heterocycles. The Morgan fingerprint density at radius 3 is 1.96 bits per heavy atom. The molecular weight excluding hydrogens is 340 g/mol. The molecule has 3 heteroatoms. The van der Waals surface area contributed by atoms with Crippen molar-refractivity contribution in [2.24, 2.45) is 0 Å². The Bertz CT molecular complexity index is 1180. The third kappa shape index (κ3) is 2.30. The van der Waals surface area contributed by atoms with Crippen molar-refractivity contribution in [1.82, 2.24) is 0 Å². The molecule has 0 amide bonds. The minimum Gasteiger partial charge on any atom is -1.00 e. The van der Waals surface area contributed by atoms with E-state index in [0.29, 0.717) is 0 Å². The van der Waals surface area contributed by atoms with E-state index in [1.165, 1.54) is 44.0 Å². The molecule has 26 heavy (non-hydrogen) atoms. The van der Waals surface area contributed by atoms with Crippen molar-refractivity contribution in [2.45, 2.75) is 0 Å². The van der Waals surface area contributed by atoms with Crippen LogP contribution in [0.4, 0.5) is 11.4 Å². The van der Waals surface area contributed by atoms with E-state index in [0.717, 1.165) is 0 Å². The van der Waals surface area contributed by atoms with Crippen LogP contribution >= 0.6 is 0 Å². The lowest BCUT2D eigenvalue weighted by atomic mass is 9.91. The van der Waals surface area contributed by atoms with Crippen molar-refractivity contribution in [3.63, 3.8) is 0 Å². The van der Waals surface area contributed by atoms with Crippen molar-refractivity contribution >= 4 is 39.3 Å². The van der Waals surface area contributed by atoms with Crippen LogP contribution in [0.1, 0.15) is 0 Å². The van der Waals surface area contributed by atoms with Crippen LogP contribution in [0.25, 0.3) is 32.7 Å². The highest BCUT2D eigenvalue weighted by Crippen LogP contribution is 2.45. The highest BCUT2D eigenvalue weighted by atomic mass is 35.5. The van der Waals surface area contributed by atoms with Gasteiger partial charge in [-0.05, 0) is 33.7 Å². The summed E-state index contributed by atoms with van der Waals surface area (Å²) in [5.74, 6) is 0. The Hall–Kier alpha value is -2.84. The second-order valence-electron chi connectivity index (χ2n) is 6.70. The van der Waals surface area contributed by atoms with E-state index in [9.17, 15) is 0 Å². The first kappa shape index (κ1) is 16.6. The normalized spacial score (nSPS) is 12.8. The van der Waals surface area contributed by atoms with E-state index in [2.05, 4.69) is 103 Å². The molecule has 1 aliphatic rings. The van der Waals surface area contributed by atoms with E-state index in [4.69, 9.17) is 0 Å². The number of nitrogens with zero attached hydrogens (tertiary/aromatic N) is 2. The molecule has 0 unspecified atom stereocenters. The predicted octanol–water partition coefficient (Wildman–Crippen LogP) is 2.42. The first-order chi connectivity index (χ1) is 12.2. The average Bonchev–Trinajstić information content (AvgIpc) is 2.76. The van der Waals surface area contributed by atoms with Crippen LogP contribution in [0.2, 0.25) is 0 Å². The topological polar surface area (TPSA) is 6.25 Å². The van der Waals surface area contributed by atoms with Gasteiger partial charge in [0, 0.05) is 11.1 Å². The number of rotatable bonds is 0. The Morgan fingerprint density at radius 1 is 0.692 bits per heavy atom. The lowest BCUT2D eigenvalue weighted by Gasteiger charge is -2.15. The van der Waals surface area contributed by atoms with Crippen molar-refractivity contribution in [3.05, 3.63) is 72.8 Å². The molecule has 2 nitrogen and oxygen atoms in total. The molecular formula is C23H19ClN2. The second-order valence-corrected chi connectivity index (χ2v) is 6.70. The number of anilines is 1. The Morgan fingerprint density at radius 2 is 1.27 bits per heavy atom. The van der Waals surface area contributed by atoms with Crippen LogP contribution in [0.5, 0.6) is 0 Å². The van der Waals surface area contributed by atoms with Crippen LogP contribution in [-0.4, -0.2) is 25.0 Å². The quantitative estimate of drug-likeness (QED) is 0.438. The molecule has 5 rings (SSSR count). The molecule has 0 radical (unpaired) electrons. The summed E-state index contributed by atoms with van der Waals surface area (Å²) in [6, 6.07) is 26.2. The summed E-state index contributed by atoms with van der Waals surface area (Å²) in [4.78, 5) is 2.22. The highest BCUT2D eigenvalue weighted by Gasteiger charge is 2.26. The minimum atomic E-state index is 0. The van der Waals surface area contributed by atoms with Crippen molar-refractivity contribution in [1.29, 1.82) is 0 Å². The molecule has 0 N–H and O–H groups in total. The van der Waals surface area contributed by atoms with E-state index < -0.39 is 0 Å². The molecule has 0 saturated carbocycles. The van der Waals surface area contributed by atoms with E-state index >= 15 is 0 Å². The lowest BCUT2D eigenvalue weighted by Crippen LogP contribution is -3.00. The SMILES string of the molecule is CN1C=[N+](C)c2ccc3ccccc3c2-c2c1ccc1ccccc21.[Cl-]. The van der Waals surface area contributed by atoms with Crippen LogP contribution in [0.3, 0.4) is 0 Å². The largest absolute Gasteiger partial charge is 1.00 e. The molecule has 0 aliphatic carbocycles. The molecule has 4 aromatic rings. The maximum Gasteiger partial charge on any atom is 0.244 e. The second kappa shape index (κ2) is 6.15. The van der Waals surface area contributed by atoms with Gasteiger partial charge in [0.25, 0.3) is 0 Å². The summed E-state index contributed by atoms with van der Waals surface area (Å²) in [7, 11) is 4.25. The van der Waals surface area contributed by atoms with Gasteiger partial charge >= 0.3 is 0 Å². The summed E-state index contributed by atoms with van der Waals surface area (Å²) in [6.07, 6.45) is 2.16. The van der Waals surface area contributed by atoms with E-state index in [1.54, 1.807) is 0 Å². The minimum absolute atomic E-state index is 0. The zero-order valence-corrected chi connectivity index (χ0v) is 15.5. The molecule has 1 heterocycles. The first-order valence-electron chi connectivity index (χ1n) is 8.58. The van der Waals surface area contributed by atoms with Gasteiger partial charge in [0.1, 0.15) is 11.4 Å². The molecule has 0 atom stereocenters. The fraction of sp³-hybridized carbons (Fsp3) is 0.0870. The summed E-state index contributed by atoms with van der Waals surface area (Å²) in [5.41, 5.74) is 5.10. The zero-order chi connectivity index (χ0) is 17.0. The smallest absolute Gasteiger partial charge is 0.244 e. The summed E-state index contributed by atoms with van der Waals surface area (Å²) in [6.45, 7) is 0. The van der Waals surface area contributed by atoms with Gasteiger partial charge in [-0.1, -0.05) is 60.7 Å². The summed E-state index contributed by atoms with van der Waals surface area (Å²) < 4.78 is 2.22. The molecule has 4 aromatic carbocycles. The Balaban J connectivity index is 0.00000168. The van der Waals surface area contributed by atoms with E-state index in [1.807, 2.05) is 0 Å². The summed E-state index contributed by atoms with van der Waals surface area (Å²) in [5, 5.41) is 5.15. The van der Waals surface area contributed by atoms with Crippen LogP contribution in [-0.2, 0) is 0 Å². The monoisotopic (exact) mass is 358 g/mol. The maximum atomic E-state index is 2.24. The summed E-state index contributed by atoms with van der Waals surface area (Å²) >= 11 is 0. The van der Waals surface area contributed by atoms with Crippen LogP contribution in [0, 0.1) is 0 Å². The number of benzene rings is 4. The number of halogens is 1. The van der Waals surface area contributed by atoms with Crippen molar-refractivity contribution < 1.29 is 17.0 Å². The molecule has 0 saturated heterocycles. The van der Waals surface area contributed by atoms with Crippen LogP contribution in [0.15, 0.2) is 72.8 Å². The Kier molecular flexibility index (Phi) is 3.93. The standard InChI is InChI=1S/C23H19N2.ClH/c1-24-15-25(2)21-14-12-17-8-4-6-10-19(17)23(21)22-18-9-5-3-7-16(18)11-13-20(22)24;/h3-15H,1-2H3;1H/q+1;/p-1. The Labute approximate surface area is 159 Å². The van der Waals surface area contributed by atoms with Gasteiger partial charge < -0.3 is 12.4 Å². The number of fused-ring (bicyclic) bond motifs is 7. The van der Waals surface area contributed by atoms with Gasteiger partial charge in [-0.15, -0.1) is 0 Å². The fourth-order valence-corrected chi connectivity index (χ4v) is 4.02. The van der Waals surface area contributed by atoms with Gasteiger partial charge in [0.15, 0.2) is 0 Å². The predicted molar refractivity (Wildman–Crippen MR) is 107 cm³/mol. The molecule has 0 bridgehead atoms.